The molecule has 2 aromatic rings. The lowest BCUT2D eigenvalue weighted by atomic mass is 9.96. The molecule has 0 saturated carbocycles. The van der Waals surface area contributed by atoms with E-state index in [1.807, 2.05) is 28.0 Å². The Kier molecular flexibility index (Phi) is 3.89. The average molecular weight is 355 g/mol. The largest absolute Gasteiger partial charge is 0.338 e. The van der Waals surface area contributed by atoms with Gasteiger partial charge in [-0.2, -0.15) is 0 Å². The highest BCUT2D eigenvalue weighted by Crippen LogP contribution is 2.29. The predicted molar refractivity (Wildman–Crippen MR) is 80.9 cm³/mol. The molecule has 0 spiro atoms. The van der Waals surface area contributed by atoms with Crippen LogP contribution in [0.3, 0.4) is 0 Å². The van der Waals surface area contributed by atoms with Crippen molar-refractivity contribution >= 4 is 33.2 Å². The lowest BCUT2D eigenvalue weighted by molar-refractivity contribution is 0.0703. The van der Waals surface area contributed by atoms with Crippen LogP contribution >= 0.6 is 27.3 Å². The third-order valence-electron chi connectivity index (χ3n) is 3.67. The minimum atomic E-state index is 0.102. The highest BCUT2D eigenvalue weighted by molar-refractivity contribution is 9.11. The highest BCUT2D eigenvalue weighted by Gasteiger charge is 2.28. The maximum Gasteiger partial charge on any atom is 0.255 e. The van der Waals surface area contributed by atoms with Crippen LogP contribution in [0.1, 0.15) is 34.9 Å². The number of thiophene rings is 1. The number of hydrogen-bond donors (Lipinski definition) is 0. The van der Waals surface area contributed by atoms with Gasteiger partial charge in [0, 0.05) is 26.1 Å². The second kappa shape index (κ2) is 5.65. The molecule has 0 aromatic carbocycles. The summed E-state index contributed by atoms with van der Waals surface area (Å²) in [4.78, 5) is 14.5. The SMILES string of the molecule is Cn1cnnc1C1CCCN(C(=O)c2ccsc2Br)C1. The molecule has 3 rings (SSSR count). The Bertz CT molecular complexity index is 623. The van der Waals surface area contributed by atoms with Crippen LogP contribution < -0.4 is 0 Å². The summed E-state index contributed by atoms with van der Waals surface area (Å²) in [5.41, 5.74) is 0.758. The van der Waals surface area contributed by atoms with Crippen molar-refractivity contribution in [3.63, 3.8) is 0 Å². The van der Waals surface area contributed by atoms with E-state index in [1.165, 1.54) is 0 Å². The van der Waals surface area contributed by atoms with E-state index < -0.39 is 0 Å². The average Bonchev–Trinajstić information content (AvgIpc) is 3.07. The molecule has 0 radical (unpaired) electrons. The normalized spacial score (nSPS) is 19.3. The fraction of sp³-hybridized carbons (Fsp3) is 0.462. The van der Waals surface area contributed by atoms with E-state index in [-0.39, 0.29) is 11.8 Å². The molecule has 1 saturated heterocycles. The van der Waals surface area contributed by atoms with E-state index in [2.05, 4.69) is 26.1 Å². The summed E-state index contributed by atoms with van der Waals surface area (Å²) in [6.07, 6.45) is 3.78. The molecule has 2 aromatic heterocycles. The first kappa shape index (κ1) is 13.8. The van der Waals surface area contributed by atoms with Crippen molar-refractivity contribution in [2.45, 2.75) is 18.8 Å². The Morgan fingerprint density at radius 3 is 3.05 bits per heavy atom. The quantitative estimate of drug-likeness (QED) is 0.832. The number of rotatable bonds is 2. The second-order valence-electron chi connectivity index (χ2n) is 5.00. The molecule has 3 heterocycles. The number of aryl methyl sites for hydroxylation is 1. The van der Waals surface area contributed by atoms with Gasteiger partial charge >= 0.3 is 0 Å². The Labute approximate surface area is 129 Å². The van der Waals surface area contributed by atoms with Gasteiger partial charge in [-0.05, 0) is 40.2 Å². The maximum absolute atomic E-state index is 12.5. The van der Waals surface area contributed by atoms with Crippen molar-refractivity contribution < 1.29 is 4.79 Å². The van der Waals surface area contributed by atoms with E-state index in [1.54, 1.807) is 17.7 Å². The van der Waals surface area contributed by atoms with Crippen molar-refractivity contribution in [3.05, 3.63) is 32.9 Å². The molecule has 5 nitrogen and oxygen atoms in total. The summed E-state index contributed by atoms with van der Waals surface area (Å²) in [7, 11) is 1.95. The Morgan fingerprint density at radius 1 is 1.55 bits per heavy atom. The van der Waals surface area contributed by atoms with Crippen LogP contribution in [0.15, 0.2) is 21.6 Å². The summed E-state index contributed by atoms with van der Waals surface area (Å²) in [6.45, 7) is 1.53. The van der Waals surface area contributed by atoms with Crippen LogP contribution in [-0.4, -0.2) is 38.7 Å². The van der Waals surface area contributed by atoms with Gasteiger partial charge in [0.2, 0.25) is 0 Å². The summed E-state index contributed by atoms with van der Waals surface area (Å²) in [6, 6.07) is 1.88. The molecule has 0 aliphatic carbocycles. The number of halogens is 1. The predicted octanol–water partition coefficient (Wildman–Crippen LogP) is 2.66. The van der Waals surface area contributed by atoms with E-state index in [4.69, 9.17) is 0 Å². The third kappa shape index (κ3) is 2.52. The van der Waals surface area contributed by atoms with Gasteiger partial charge in [-0.1, -0.05) is 0 Å². The van der Waals surface area contributed by atoms with Gasteiger partial charge in [0.25, 0.3) is 5.91 Å². The maximum atomic E-state index is 12.5. The lowest BCUT2D eigenvalue weighted by Gasteiger charge is -2.32. The number of carbonyl (C=O) groups is 1. The van der Waals surface area contributed by atoms with Gasteiger partial charge in [-0.3, -0.25) is 4.79 Å². The van der Waals surface area contributed by atoms with Crippen molar-refractivity contribution in [2.75, 3.05) is 13.1 Å². The van der Waals surface area contributed by atoms with E-state index >= 15 is 0 Å². The van der Waals surface area contributed by atoms with Gasteiger partial charge in [-0.25, -0.2) is 0 Å². The molecule has 1 amide bonds. The van der Waals surface area contributed by atoms with Gasteiger partial charge in [0.15, 0.2) is 0 Å². The molecule has 7 heteroatoms. The first-order valence-electron chi connectivity index (χ1n) is 6.53. The Morgan fingerprint density at radius 2 is 2.40 bits per heavy atom. The highest BCUT2D eigenvalue weighted by atomic mass is 79.9. The summed E-state index contributed by atoms with van der Waals surface area (Å²) >= 11 is 4.98. The topological polar surface area (TPSA) is 51.0 Å². The van der Waals surface area contributed by atoms with E-state index in [0.29, 0.717) is 6.54 Å². The molecule has 1 atom stereocenters. The zero-order valence-corrected chi connectivity index (χ0v) is 13.5. The Hall–Kier alpha value is -1.21. The molecule has 1 fully saturated rings. The van der Waals surface area contributed by atoms with Gasteiger partial charge in [0.05, 0.1) is 9.35 Å². The van der Waals surface area contributed by atoms with Crippen molar-refractivity contribution in [1.29, 1.82) is 0 Å². The molecule has 0 bridgehead atoms. The van der Waals surface area contributed by atoms with Crippen LogP contribution in [0.25, 0.3) is 0 Å². The fourth-order valence-corrected chi connectivity index (χ4v) is 3.88. The van der Waals surface area contributed by atoms with Crippen LogP contribution in [0, 0.1) is 0 Å². The van der Waals surface area contributed by atoms with Crippen LogP contribution in [0.4, 0.5) is 0 Å². The molecule has 1 aliphatic heterocycles. The lowest BCUT2D eigenvalue weighted by Crippen LogP contribution is -2.39. The van der Waals surface area contributed by atoms with Crippen molar-refractivity contribution in [2.24, 2.45) is 7.05 Å². The second-order valence-corrected chi connectivity index (χ2v) is 7.23. The molecular weight excluding hydrogens is 340 g/mol. The van der Waals surface area contributed by atoms with Gasteiger partial charge in [0.1, 0.15) is 12.2 Å². The minimum absolute atomic E-state index is 0.102. The fourth-order valence-electron chi connectivity index (χ4n) is 2.65. The Balaban J connectivity index is 1.77. The molecule has 1 unspecified atom stereocenters. The smallest absolute Gasteiger partial charge is 0.255 e. The number of hydrogen-bond acceptors (Lipinski definition) is 4. The molecule has 20 heavy (non-hydrogen) atoms. The van der Waals surface area contributed by atoms with Gasteiger partial charge < -0.3 is 9.47 Å². The molecule has 0 N–H and O–H groups in total. The number of likely N-dealkylation sites (tertiary alicyclic amines) is 1. The first-order valence-corrected chi connectivity index (χ1v) is 8.20. The van der Waals surface area contributed by atoms with Crippen LogP contribution in [-0.2, 0) is 7.05 Å². The van der Waals surface area contributed by atoms with Crippen molar-refractivity contribution in [3.8, 4) is 0 Å². The number of carbonyl (C=O) groups excluding carboxylic acids is 1. The van der Waals surface area contributed by atoms with Crippen LogP contribution in [0.5, 0.6) is 0 Å². The first-order chi connectivity index (χ1) is 9.66. The number of nitrogens with zero attached hydrogens (tertiary/aromatic N) is 4. The number of aromatic nitrogens is 3. The summed E-state index contributed by atoms with van der Waals surface area (Å²) < 4.78 is 2.85. The minimum Gasteiger partial charge on any atom is -0.338 e. The van der Waals surface area contributed by atoms with Crippen molar-refractivity contribution in [1.82, 2.24) is 19.7 Å². The van der Waals surface area contributed by atoms with Crippen LogP contribution in [0.2, 0.25) is 0 Å². The zero-order valence-electron chi connectivity index (χ0n) is 11.1. The third-order valence-corrected chi connectivity index (χ3v) is 5.36. The molecule has 1 aliphatic rings. The number of amides is 1. The monoisotopic (exact) mass is 354 g/mol. The zero-order chi connectivity index (χ0) is 14.1. The summed E-state index contributed by atoms with van der Waals surface area (Å²) in [5.74, 6) is 1.34. The van der Waals surface area contributed by atoms with Gasteiger partial charge in [-0.15, -0.1) is 21.5 Å². The number of piperidine rings is 1. The molecular formula is C13H15BrN4OS. The van der Waals surface area contributed by atoms with E-state index in [0.717, 1.165) is 34.6 Å². The summed E-state index contributed by atoms with van der Waals surface area (Å²) in [5, 5.41) is 10.0. The van der Waals surface area contributed by atoms with E-state index in [9.17, 15) is 4.79 Å². The molecule has 106 valence electrons. The standard InChI is InChI=1S/C13H15BrN4OS/c1-17-8-15-16-12(17)9-3-2-5-18(7-9)13(19)10-4-6-20-11(10)14/h4,6,8-9H,2-3,5,7H2,1H3.